The lowest BCUT2D eigenvalue weighted by Crippen LogP contribution is -2.24. The highest BCUT2D eigenvalue weighted by Gasteiger charge is 2.19. The zero-order valence-electron chi connectivity index (χ0n) is 10.7. The highest BCUT2D eigenvalue weighted by atomic mass is 32.2. The van der Waals surface area contributed by atoms with Crippen molar-refractivity contribution in [1.82, 2.24) is 0 Å². The number of nitrogens with one attached hydrogen (secondary N) is 1. The van der Waals surface area contributed by atoms with E-state index in [2.05, 4.69) is 5.32 Å². The maximum atomic E-state index is 13.4. The van der Waals surface area contributed by atoms with Crippen LogP contribution in [-0.2, 0) is 14.8 Å². The summed E-state index contributed by atoms with van der Waals surface area (Å²) in [5.41, 5.74) is 0.0913. The Balaban J connectivity index is 2.19. The first-order chi connectivity index (χ1) is 9.36. The molecular weight excluding hydrogens is 283 g/mol. The smallest absolute Gasteiger partial charge is 0.238 e. The highest BCUT2D eigenvalue weighted by Crippen LogP contribution is 2.22. The molecule has 108 valence electrons. The van der Waals surface area contributed by atoms with Crippen molar-refractivity contribution >= 4 is 21.6 Å². The fourth-order valence-corrected chi connectivity index (χ4v) is 2.64. The van der Waals surface area contributed by atoms with Crippen molar-refractivity contribution in [2.45, 2.75) is 24.2 Å². The van der Waals surface area contributed by atoms with Crippen LogP contribution in [0.15, 0.2) is 35.2 Å². The van der Waals surface area contributed by atoms with Crippen LogP contribution in [0.5, 0.6) is 0 Å². The number of hydrogen-bond acceptors (Lipinski definition) is 3. The van der Waals surface area contributed by atoms with E-state index in [9.17, 15) is 17.6 Å². The molecule has 2 rings (SSSR count). The van der Waals surface area contributed by atoms with Gasteiger partial charge >= 0.3 is 0 Å². The number of carbonyl (C=O) groups is 1. The first-order valence-electron chi connectivity index (χ1n) is 6.15. The number of allylic oxidation sites excluding steroid dienone is 2. The van der Waals surface area contributed by atoms with Crippen molar-refractivity contribution < 1.29 is 17.6 Å². The van der Waals surface area contributed by atoms with Crippen LogP contribution in [-0.4, -0.2) is 14.3 Å². The van der Waals surface area contributed by atoms with E-state index in [1.807, 2.05) is 12.2 Å². The highest BCUT2D eigenvalue weighted by molar-refractivity contribution is 7.89. The van der Waals surface area contributed by atoms with Gasteiger partial charge in [-0.2, -0.15) is 0 Å². The number of hydrogen-bond donors (Lipinski definition) is 2. The summed E-state index contributed by atoms with van der Waals surface area (Å²) in [6, 6.07) is 3.02. The predicted molar refractivity (Wildman–Crippen MR) is 72.9 cm³/mol. The largest absolute Gasteiger partial charge is 0.326 e. The molecule has 0 aliphatic heterocycles. The Morgan fingerprint density at radius 3 is 2.65 bits per heavy atom. The summed E-state index contributed by atoms with van der Waals surface area (Å²) in [5, 5.41) is 7.48. The molecule has 0 fully saturated rings. The standard InChI is InChI=1S/C13H15FN2O3S/c14-10-6-11(8-12(7-10)20(15,18)19)16-13(17)9-4-2-1-3-5-9/h1-2,6-9H,3-5H2,(H,16,17)(H2,15,18,19). The van der Waals surface area contributed by atoms with Gasteiger partial charge in [0.25, 0.3) is 0 Å². The number of sulfonamides is 1. The van der Waals surface area contributed by atoms with Crippen LogP contribution >= 0.6 is 0 Å². The van der Waals surface area contributed by atoms with Crippen molar-refractivity contribution in [3.05, 3.63) is 36.2 Å². The second-order valence-corrected chi connectivity index (χ2v) is 6.25. The van der Waals surface area contributed by atoms with Gasteiger partial charge in [0.15, 0.2) is 0 Å². The Morgan fingerprint density at radius 1 is 1.30 bits per heavy atom. The van der Waals surface area contributed by atoms with Gasteiger partial charge < -0.3 is 5.32 Å². The molecule has 1 aliphatic carbocycles. The van der Waals surface area contributed by atoms with E-state index >= 15 is 0 Å². The molecule has 0 saturated heterocycles. The number of halogens is 1. The third-order valence-electron chi connectivity index (χ3n) is 3.11. The molecule has 0 heterocycles. The summed E-state index contributed by atoms with van der Waals surface area (Å²) < 4.78 is 35.8. The van der Waals surface area contributed by atoms with Gasteiger partial charge in [0, 0.05) is 11.6 Å². The zero-order valence-corrected chi connectivity index (χ0v) is 11.5. The first kappa shape index (κ1) is 14.7. The van der Waals surface area contributed by atoms with Crippen molar-refractivity contribution in [1.29, 1.82) is 0 Å². The second-order valence-electron chi connectivity index (χ2n) is 4.69. The lowest BCUT2D eigenvalue weighted by Gasteiger charge is -2.17. The summed E-state index contributed by atoms with van der Waals surface area (Å²) in [6.07, 6.45) is 6.10. The Labute approximate surface area is 116 Å². The Hall–Kier alpha value is -1.73. The van der Waals surface area contributed by atoms with E-state index in [0.717, 1.165) is 31.0 Å². The Morgan fingerprint density at radius 2 is 2.05 bits per heavy atom. The summed E-state index contributed by atoms with van der Waals surface area (Å²) in [6.45, 7) is 0. The topological polar surface area (TPSA) is 89.3 Å². The van der Waals surface area contributed by atoms with Gasteiger partial charge in [-0.1, -0.05) is 12.2 Å². The number of amides is 1. The molecule has 1 aliphatic rings. The minimum Gasteiger partial charge on any atom is -0.326 e. The molecule has 0 bridgehead atoms. The van der Waals surface area contributed by atoms with E-state index in [1.54, 1.807) is 0 Å². The second kappa shape index (κ2) is 5.72. The van der Waals surface area contributed by atoms with Crippen LogP contribution < -0.4 is 10.5 Å². The monoisotopic (exact) mass is 298 g/mol. The average molecular weight is 298 g/mol. The molecule has 0 spiro atoms. The Kier molecular flexibility index (Phi) is 4.20. The van der Waals surface area contributed by atoms with Crippen molar-refractivity contribution in [3.63, 3.8) is 0 Å². The van der Waals surface area contributed by atoms with Crippen molar-refractivity contribution in [2.24, 2.45) is 11.1 Å². The molecule has 1 unspecified atom stereocenters. The van der Waals surface area contributed by atoms with E-state index in [4.69, 9.17) is 5.14 Å². The van der Waals surface area contributed by atoms with Crippen LogP contribution in [0, 0.1) is 11.7 Å². The van der Waals surface area contributed by atoms with E-state index in [0.29, 0.717) is 6.42 Å². The summed E-state index contributed by atoms with van der Waals surface area (Å²) in [7, 11) is -4.01. The van der Waals surface area contributed by atoms with Gasteiger partial charge in [0.2, 0.25) is 15.9 Å². The van der Waals surface area contributed by atoms with Gasteiger partial charge in [-0.3, -0.25) is 4.79 Å². The minimum atomic E-state index is -4.01. The quantitative estimate of drug-likeness (QED) is 0.833. The number of anilines is 1. The van der Waals surface area contributed by atoms with Crippen LogP contribution in [0.1, 0.15) is 19.3 Å². The molecular formula is C13H15FN2O3S. The third kappa shape index (κ3) is 3.64. The van der Waals surface area contributed by atoms with Crippen LogP contribution in [0.25, 0.3) is 0 Å². The number of benzene rings is 1. The van der Waals surface area contributed by atoms with Gasteiger partial charge in [0.05, 0.1) is 4.90 Å². The molecule has 1 atom stereocenters. The summed E-state index contributed by atoms with van der Waals surface area (Å²) >= 11 is 0. The van der Waals surface area contributed by atoms with Gasteiger partial charge in [0.1, 0.15) is 5.82 Å². The van der Waals surface area contributed by atoms with E-state index in [-0.39, 0.29) is 22.4 Å². The lowest BCUT2D eigenvalue weighted by atomic mass is 9.93. The maximum absolute atomic E-state index is 13.4. The summed E-state index contributed by atoms with van der Waals surface area (Å²) in [5.74, 6) is -1.20. The zero-order chi connectivity index (χ0) is 14.8. The van der Waals surface area contributed by atoms with E-state index < -0.39 is 15.8 Å². The SMILES string of the molecule is NS(=O)(=O)c1cc(F)cc(NC(=O)C2CC=CCC2)c1. The molecule has 3 N–H and O–H groups in total. The van der Waals surface area contributed by atoms with Gasteiger partial charge in [-0.25, -0.2) is 17.9 Å². The third-order valence-corrected chi connectivity index (χ3v) is 4.00. The van der Waals surface area contributed by atoms with Gasteiger partial charge in [-0.05, 0) is 37.5 Å². The van der Waals surface area contributed by atoms with Crippen LogP contribution in [0.3, 0.4) is 0 Å². The average Bonchev–Trinajstić information content (AvgIpc) is 2.38. The number of carbonyl (C=O) groups excluding carboxylic acids is 1. The molecule has 0 aromatic heterocycles. The lowest BCUT2D eigenvalue weighted by molar-refractivity contribution is -0.120. The fourth-order valence-electron chi connectivity index (χ4n) is 2.08. The minimum absolute atomic E-state index is 0.0913. The predicted octanol–water partition coefficient (Wildman–Crippen LogP) is 1.77. The molecule has 7 heteroatoms. The molecule has 1 amide bonds. The molecule has 20 heavy (non-hydrogen) atoms. The number of primary sulfonamides is 1. The number of nitrogens with two attached hydrogens (primary N) is 1. The van der Waals surface area contributed by atoms with Crippen molar-refractivity contribution in [2.75, 3.05) is 5.32 Å². The van der Waals surface area contributed by atoms with Gasteiger partial charge in [-0.15, -0.1) is 0 Å². The normalized spacial score (nSPS) is 18.8. The maximum Gasteiger partial charge on any atom is 0.238 e. The molecule has 0 saturated carbocycles. The molecule has 5 nitrogen and oxygen atoms in total. The Bertz CT molecular complexity index is 656. The fraction of sp³-hybridized carbons (Fsp3) is 0.308. The van der Waals surface area contributed by atoms with E-state index in [1.165, 1.54) is 0 Å². The number of rotatable bonds is 3. The first-order valence-corrected chi connectivity index (χ1v) is 7.70. The molecule has 1 aromatic carbocycles. The van der Waals surface area contributed by atoms with Crippen LogP contribution in [0.2, 0.25) is 0 Å². The molecule has 1 aromatic rings. The molecule has 0 radical (unpaired) electrons. The van der Waals surface area contributed by atoms with Crippen LogP contribution in [0.4, 0.5) is 10.1 Å². The summed E-state index contributed by atoms with van der Waals surface area (Å²) in [4.78, 5) is 11.6. The van der Waals surface area contributed by atoms with Crippen molar-refractivity contribution in [3.8, 4) is 0 Å².